The van der Waals surface area contributed by atoms with E-state index in [1.165, 1.54) is 35.9 Å². The van der Waals surface area contributed by atoms with Gasteiger partial charge in [-0.3, -0.25) is 0 Å². The molecular weight excluding hydrogens is 224 g/mol. The summed E-state index contributed by atoms with van der Waals surface area (Å²) in [7, 11) is 1.74. The molecule has 0 aliphatic carbocycles. The summed E-state index contributed by atoms with van der Waals surface area (Å²) < 4.78 is 5.48. The first-order chi connectivity index (χ1) is 8.86. The minimum atomic E-state index is 0.760. The Hall–Kier alpha value is -1.48. The van der Waals surface area contributed by atoms with Crippen LogP contribution in [0.4, 0.5) is 0 Å². The summed E-state index contributed by atoms with van der Waals surface area (Å²) in [6.45, 7) is 2.32. The normalized spacial score (nSPS) is 20.2. The maximum Gasteiger partial charge on any atom is 0.128 e. The largest absolute Gasteiger partial charge is 0.496 e. The third kappa shape index (κ3) is 2.23. The molecule has 1 unspecified atom stereocenters. The maximum atomic E-state index is 5.48. The van der Waals surface area contributed by atoms with Gasteiger partial charge < -0.3 is 15.0 Å². The van der Waals surface area contributed by atoms with Crippen molar-refractivity contribution in [2.45, 2.75) is 19.3 Å². The van der Waals surface area contributed by atoms with Crippen LogP contribution >= 0.6 is 0 Å². The highest BCUT2D eigenvalue weighted by molar-refractivity contribution is 5.86. The third-order valence-corrected chi connectivity index (χ3v) is 3.83. The van der Waals surface area contributed by atoms with E-state index in [0.29, 0.717) is 0 Å². The summed E-state index contributed by atoms with van der Waals surface area (Å²) in [4.78, 5) is 3.28. The molecule has 2 N–H and O–H groups in total. The number of H-pyrrole nitrogens is 1. The Morgan fingerprint density at radius 2 is 2.33 bits per heavy atom. The van der Waals surface area contributed by atoms with Crippen LogP contribution in [0.2, 0.25) is 0 Å². The Bertz CT molecular complexity index is 526. The molecule has 18 heavy (non-hydrogen) atoms. The topological polar surface area (TPSA) is 37.0 Å². The van der Waals surface area contributed by atoms with Gasteiger partial charge >= 0.3 is 0 Å². The van der Waals surface area contributed by atoms with Crippen molar-refractivity contribution < 1.29 is 4.74 Å². The summed E-state index contributed by atoms with van der Waals surface area (Å²) in [5.74, 6) is 1.74. The average Bonchev–Trinajstić information content (AvgIpc) is 2.87. The van der Waals surface area contributed by atoms with Crippen molar-refractivity contribution in [2.24, 2.45) is 5.92 Å². The first-order valence-electron chi connectivity index (χ1n) is 6.71. The molecule has 2 heterocycles. The first kappa shape index (κ1) is 11.6. The second-order valence-electron chi connectivity index (χ2n) is 5.15. The van der Waals surface area contributed by atoms with Crippen LogP contribution in [-0.4, -0.2) is 25.2 Å². The standard InChI is InChI=1S/C15H20N2O/c1-18-15-9-12(7-11-3-2-5-16-10-11)8-14-13(15)4-6-17-14/h4,6,8-9,11,16-17H,2-3,5,7,10H2,1H3. The fourth-order valence-corrected chi connectivity index (χ4v) is 2.91. The fourth-order valence-electron chi connectivity index (χ4n) is 2.91. The van der Waals surface area contributed by atoms with Gasteiger partial charge in [0.15, 0.2) is 0 Å². The van der Waals surface area contributed by atoms with Crippen molar-refractivity contribution in [1.82, 2.24) is 10.3 Å². The molecule has 0 saturated carbocycles. The van der Waals surface area contributed by atoms with Gasteiger partial charge in [0.2, 0.25) is 0 Å². The zero-order chi connectivity index (χ0) is 12.4. The van der Waals surface area contributed by atoms with E-state index >= 15 is 0 Å². The minimum Gasteiger partial charge on any atom is -0.496 e. The number of hydrogen-bond donors (Lipinski definition) is 2. The van der Waals surface area contributed by atoms with Gasteiger partial charge in [0.25, 0.3) is 0 Å². The van der Waals surface area contributed by atoms with E-state index in [1.54, 1.807) is 7.11 Å². The lowest BCUT2D eigenvalue weighted by Crippen LogP contribution is -2.30. The predicted molar refractivity (Wildman–Crippen MR) is 74.1 cm³/mol. The predicted octanol–water partition coefficient (Wildman–Crippen LogP) is 2.72. The Balaban J connectivity index is 1.86. The molecule has 0 bridgehead atoms. The summed E-state index contributed by atoms with van der Waals surface area (Å²) in [5.41, 5.74) is 2.55. The number of nitrogens with one attached hydrogen (secondary N) is 2. The molecule has 0 amide bonds. The molecule has 1 aliphatic rings. The lowest BCUT2D eigenvalue weighted by molar-refractivity contribution is 0.375. The van der Waals surface area contributed by atoms with E-state index in [-0.39, 0.29) is 0 Å². The zero-order valence-electron chi connectivity index (χ0n) is 10.8. The van der Waals surface area contributed by atoms with Crippen molar-refractivity contribution in [2.75, 3.05) is 20.2 Å². The number of hydrogen-bond acceptors (Lipinski definition) is 2. The molecule has 96 valence electrons. The number of methoxy groups -OCH3 is 1. The summed E-state index contributed by atoms with van der Waals surface area (Å²) in [6.07, 6.45) is 5.74. The van der Waals surface area contributed by atoms with Crippen molar-refractivity contribution in [3.05, 3.63) is 30.0 Å². The highest BCUT2D eigenvalue weighted by Gasteiger charge is 2.15. The molecule has 1 saturated heterocycles. The Morgan fingerprint density at radius 1 is 1.39 bits per heavy atom. The molecule has 1 atom stereocenters. The number of fused-ring (bicyclic) bond motifs is 1. The van der Waals surface area contributed by atoms with Crippen molar-refractivity contribution in [3.8, 4) is 5.75 Å². The molecular formula is C15H20N2O. The van der Waals surface area contributed by atoms with Gasteiger partial charge in [-0.2, -0.15) is 0 Å². The average molecular weight is 244 g/mol. The molecule has 1 aliphatic heterocycles. The fraction of sp³-hybridized carbons (Fsp3) is 0.467. The monoisotopic (exact) mass is 244 g/mol. The highest BCUT2D eigenvalue weighted by Crippen LogP contribution is 2.28. The second-order valence-corrected chi connectivity index (χ2v) is 5.15. The first-order valence-corrected chi connectivity index (χ1v) is 6.71. The SMILES string of the molecule is COc1cc(CC2CCCNC2)cc2[nH]ccc12. The van der Waals surface area contributed by atoms with Crippen LogP contribution in [0.25, 0.3) is 10.9 Å². The molecule has 3 nitrogen and oxygen atoms in total. The van der Waals surface area contributed by atoms with Gasteiger partial charge in [-0.1, -0.05) is 0 Å². The van der Waals surface area contributed by atoms with E-state index in [1.807, 2.05) is 6.20 Å². The number of piperidine rings is 1. The van der Waals surface area contributed by atoms with E-state index in [2.05, 4.69) is 28.5 Å². The van der Waals surface area contributed by atoms with E-state index < -0.39 is 0 Å². The molecule has 3 rings (SSSR count). The smallest absolute Gasteiger partial charge is 0.128 e. The van der Waals surface area contributed by atoms with E-state index in [4.69, 9.17) is 4.74 Å². The van der Waals surface area contributed by atoms with Gasteiger partial charge in [0.05, 0.1) is 7.11 Å². The lowest BCUT2D eigenvalue weighted by Gasteiger charge is -2.22. The number of aromatic nitrogens is 1. The van der Waals surface area contributed by atoms with Gasteiger partial charge in [-0.05, 0) is 62.0 Å². The van der Waals surface area contributed by atoms with Crippen LogP contribution in [0.15, 0.2) is 24.4 Å². The van der Waals surface area contributed by atoms with Crippen molar-refractivity contribution in [3.63, 3.8) is 0 Å². The molecule has 1 aromatic heterocycles. The maximum absolute atomic E-state index is 5.48. The van der Waals surface area contributed by atoms with Crippen LogP contribution in [0.1, 0.15) is 18.4 Å². The van der Waals surface area contributed by atoms with Crippen LogP contribution in [0.5, 0.6) is 5.75 Å². The Labute approximate surface area is 108 Å². The summed E-state index contributed by atoms with van der Waals surface area (Å²) in [6, 6.07) is 6.51. The van der Waals surface area contributed by atoms with Gasteiger partial charge in [-0.15, -0.1) is 0 Å². The number of aromatic amines is 1. The molecule has 2 aromatic rings. The Kier molecular flexibility index (Phi) is 3.24. The Morgan fingerprint density at radius 3 is 3.11 bits per heavy atom. The van der Waals surface area contributed by atoms with Gasteiger partial charge in [-0.25, -0.2) is 0 Å². The highest BCUT2D eigenvalue weighted by atomic mass is 16.5. The minimum absolute atomic E-state index is 0.760. The molecule has 3 heteroatoms. The molecule has 0 spiro atoms. The van der Waals surface area contributed by atoms with Crippen LogP contribution < -0.4 is 10.1 Å². The van der Waals surface area contributed by atoms with Gasteiger partial charge in [0.1, 0.15) is 5.75 Å². The van der Waals surface area contributed by atoms with E-state index in [0.717, 1.165) is 24.6 Å². The molecule has 0 radical (unpaired) electrons. The molecule has 1 fully saturated rings. The van der Waals surface area contributed by atoms with Crippen molar-refractivity contribution >= 4 is 10.9 Å². The second kappa shape index (κ2) is 5.02. The zero-order valence-corrected chi connectivity index (χ0v) is 10.8. The number of rotatable bonds is 3. The number of benzene rings is 1. The quantitative estimate of drug-likeness (QED) is 0.871. The summed E-state index contributed by atoms with van der Waals surface area (Å²) >= 11 is 0. The van der Waals surface area contributed by atoms with E-state index in [9.17, 15) is 0 Å². The van der Waals surface area contributed by atoms with Crippen LogP contribution in [0.3, 0.4) is 0 Å². The van der Waals surface area contributed by atoms with Crippen LogP contribution in [0, 0.1) is 5.92 Å². The summed E-state index contributed by atoms with van der Waals surface area (Å²) in [5, 5.41) is 4.65. The van der Waals surface area contributed by atoms with Crippen molar-refractivity contribution in [1.29, 1.82) is 0 Å². The third-order valence-electron chi connectivity index (χ3n) is 3.83. The van der Waals surface area contributed by atoms with Crippen LogP contribution in [-0.2, 0) is 6.42 Å². The lowest BCUT2D eigenvalue weighted by atomic mass is 9.92. The van der Waals surface area contributed by atoms with Gasteiger partial charge in [0, 0.05) is 17.1 Å². The number of ether oxygens (including phenoxy) is 1. The molecule has 1 aromatic carbocycles.